The Balaban J connectivity index is 2.15. The maximum Gasteiger partial charge on any atom is 0.326 e. The van der Waals surface area contributed by atoms with E-state index in [9.17, 15) is 14.7 Å². The molecule has 2 aliphatic rings. The van der Waals surface area contributed by atoms with E-state index in [1.807, 2.05) is 13.8 Å². The maximum atomic E-state index is 12.8. The lowest BCUT2D eigenvalue weighted by atomic mass is 9.76. The average molecular weight is 296 g/mol. The van der Waals surface area contributed by atoms with E-state index in [-0.39, 0.29) is 17.9 Å². The van der Waals surface area contributed by atoms with Crippen molar-refractivity contribution in [1.29, 1.82) is 0 Å². The van der Waals surface area contributed by atoms with Crippen molar-refractivity contribution in [3.8, 4) is 0 Å². The monoisotopic (exact) mass is 296 g/mol. The van der Waals surface area contributed by atoms with Gasteiger partial charge in [0.1, 0.15) is 6.04 Å². The van der Waals surface area contributed by atoms with Crippen LogP contribution in [0.5, 0.6) is 0 Å². The molecule has 0 bridgehead atoms. The fraction of sp³-hybridized carbons (Fsp3) is 0.875. The van der Waals surface area contributed by atoms with Gasteiger partial charge in [0.15, 0.2) is 0 Å². The molecule has 0 spiro atoms. The summed E-state index contributed by atoms with van der Waals surface area (Å²) in [7, 11) is 0. The Morgan fingerprint density at radius 1 is 1.24 bits per heavy atom. The Labute approximate surface area is 127 Å². The van der Waals surface area contributed by atoms with E-state index in [4.69, 9.17) is 0 Å². The molecular weight excluding hydrogens is 268 g/mol. The lowest BCUT2D eigenvalue weighted by molar-refractivity contribution is -0.160. The number of rotatable bonds is 5. The van der Waals surface area contributed by atoms with Crippen LogP contribution in [0, 0.1) is 11.8 Å². The predicted molar refractivity (Wildman–Crippen MR) is 81.0 cm³/mol. The molecule has 21 heavy (non-hydrogen) atoms. The number of amides is 1. The summed E-state index contributed by atoms with van der Waals surface area (Å²) in [6.07, 6.45) is 5.99. The summed E-state index contributed by atoms with van der Waals surface area (Å²) in [4.78, 5) is 26.1. The van der Waals surface area contributed by atoms with Crippen LogP contribution in [0.3, 0.4) is 0 Å². The van der Waals surface area contributed by atoms with Crippen LogP contribution in [0.1, 0.15) is 52.4 Å². The molecule has 2 rings (SSSR count). The SMILES string of the molecule is CCNCC(C)C(=O)N1C(C(=O)O)CCC2CCCCC21. The van der Waals surface area contributed by atoms with Crippen LogP contribution in [-0.2, 0) is 9.59 Å². The molecule has 1 saturated heterocycles. The van der Waals surface area contributed by atoms with Gasteiger partial charge in [-0.1, -0.05) is 26.7 Å². The zero-order valence-electron chi connectivity index (χ0n) is 13.2. The van der Waals surface area contributed by atoms with Gasteiger partial charge in [-0.2, -0.15) is 0 Å². The molecule has 1 saturated carbocycles. The second-order valence-corrected chi connectivity index (χ2v) is 6.50. The van der Waals surface area contributed by atoms with Crippen molar-refractivity contribution in [2.75, 3.05) is 13.1 Å². The molecule has 1 aliphatic heterocycles. The van der Waals surface area contributed by atoms with Crippen molar-refractivity contribution in [3.63, 3.8) is 0 Å². The minimum Gasteiger partial charge on any atom is -0.480 e. The number of aliphatic carboxylic acids is 1. The summed E-state index contributed by atoms with van der Waals surface area (Å²) in [6.45, 7) is 5.35. The Morgan fingerprint density at radius 2 is 1.95 bits per heavy atom. The van der Waals surface area contributed by atoms with Crippen molar-refractivity contribution in [3.05, 3.63) is 0 Å². The molecule has 5 heteroatoms. The van der Waals surface area contributed by atoms with Crippen molar-refractivity contribution >= 4 is 11.9 Å². The molecule has 0 aromatic rings. The third-order valence-corrected chi connectivity index (χ3v) is 5.03. The van der Waals surface area contributed by atoms with Gasteiger partial charge in [-0.25, -0.2) is 4.79 Å². The first-order valence-electron chi connectivity index (χ1n) is 8.32. The maximum absolute atomic E-state index is 12.8. The molecule has 2 fully saturated rings. The van der Waals surface area contributed by atoms with E-state index in [0.717, 1.165) is 32.2 Å². The van der Waals surface area contributed by atoms with Gasteiger partial charge in [-0.15, -0.1) is 0 Å². The molecule has 0 aromatic carbocycles. The van der Waals surface area contributed by atoms with Crippen LogP contribution in [0.2, 0.25) is 0 Å². The Kier molecular flexibility index (Phi) is 5.62. The summed E-state index contributed by atoms with van der Waals surface area (Å²) in [6, 6.07) is -0.480. The number of likely N-dealkylation sites (tertiary alicyclic amines) is 1. The van der Waals surface area contributed by atoms with Crippen LogP contribution < -0.4 is 5.32 Å². The number of carbonyl (C=O) groups excluding carboxylic acids is 1. The number of piperidine rings is 1. The van der Waals surface area contributed by atoms with Crippen LogP contribution in [0.25, 0.3) is 0 Å². The lowest BCUT2D eigenvalue weighted by Crippen LogP contribution is -2.59. The van der Waals surface area contributed by atoms with Crippen LogP contribution in [0.4, 0.5) is 0 Å². The second kappa shape index (κ2) is 7.25. The highest BCUT2D eigenvalue weighted by Gasteiger charge is 2.44. The fourth-order valence-corrected chi connectivity index (χ4v) is 3.90. The predicted octanol–water partition coefficient (Wildman–Crippen LogP) is 1.87. The molecule has 1 aliphatic carbocycles. The third-order valence-electron chi connectivity index (χ3n) is 5.03. The number of nitrogens with zero attached hydrogens (tertiary/aromatic N) is 1. The van der Waals surface area contributed by atoms with Crippen molar-refractivity contribution in [2.24, 2.45) is 11.8 Å². The second-order valence-electron chi connectivity index (χ2n) is 6.50. The summed E-state index contributed by atoms with van der Waals surface area (Å²) in [5, 5.41) is 12.7. The van der Waals surface area contributed by atoms with Gasteiger partial charge in [-0.05, 0) is 38.1 Å². The Hall–Kier alpha value is -1.10. The Morgan fingerprint density at radius 3 is 2.62 bits per heavy atom. The van der Waals surface area contributed by atoms with Gasteiger partial charge in [0.2, 0.25) is 5.91 Å². The quantitative estimate of drug-likeness (QED) is 0.812. The number of nitrogens with one attached hydrogen (secondary N) is 1. The number of hydrogen-bond acceptors (Lipinski definition) is 3. The molecule has 120 valence electrons. The molecule has 2 N–H and O–H groups in total. The number of carboxylic acids is 1. The molecular formula is C16H28N2O3. The highest BCUT2D eigenvalue weighted by molar-refractivity contribution is 5.85. The highest BCUT2D eigenvalue weighted by atomic mass is 16.4. The van der Waals surface area contributed by atoms with E-state index < -0.39 is 12.0 Å². The standard InChI is InChI=1S/C16H28N2O3/c1-3-17-10-11(2)15(19)18-13-7-5-4-6-12(13)8-9-14(18)16(20)21/h11-14,17H,3-10H2,1-2H3,(H,20,21). The van der Waals surface area contributed by atoms with Gasteiger partial charge < -0.3 is 15.3 Å². The summed E-state index contributed by atoms with van der Waals surface area (Å²) >= 11 is 0. The van der Waals surface area contributed by atoms with Crippen LogP contribution in [-0.4, -0.2) is 47.1 Å². The van der Waals surface area contributed by atoms with Crippen molar-refractivity contribution in [1.82, 2.24) is 10.2 Å². The first-order chi connectivity index (χ1) is 10.1. The number of fused-ring (bicyclic) bond motifs is 1. The minimum absolute atomic E-state index is 0.0138. The van der Waals surface area contributed by atoms with Crippen molar-refractivity contribution in [2.45, 2.75) is 64.5 Å². The lowest BCUT2D eigenvalue weighted by Gasteiger charge is -2.48. The van der Waals surface area contributed by atoms with Crippen LogP contribution >= 0.6 is 0 Å². The average Bonchev–Trinajstić information content (AvgIpc) is 2.50. The first kappa shape index (κ1) is 16.3. The van der Waals surface area contributed by atoms with Gasteiger partial charge in [0.05, 0.1) is 0 Å². The zero-order valence-corrected chi connectivity index (χ0v) is 13.2. The number of carboxylic acid groups (broad SMARTS) is 1. The van der Waals surface area contributed by atoms with Crippen LogP contribution in [0.15, 0.2) is 0 Å². The topological polar surface area (TPSA) is 69.6 Å². The van der Waals surface area contributed by atoms with Crippen molar-refractivity contribution < 1.29 is 14.7 Å². The molecule has 1 heterocycles. The molecule has 1 amide bonds. The fourth-order valence-electron chi connectivity index (χ4n) is 3.90. The van der Waals surface area contributed by atoms with E-state index in [1.165, 1.54) is 6.42 Å². The van der Waals surface area contributed by atoms with Gasteiger partial charge in [0, 0.05) is 18.5 Å². The summed E-state index contributed by atoms with van der Waals surface area (Å²) in [5.41, 5.74) is 0. The van der Waals surface area contributed by atoms with E-state index in [2.05, 4.69) is 5.32 Å². The highest BCUT2D eigenvalue weighted by Crippen LogP contribution is 2.38. The summed E-state index contributed by atoms with van der Waals surface area (Å²) < 4.78 is 0. The van der Waals surface area contributed by atoms with Gasteiger partial charge in [-0.3, -0.25) is 4.79 Å². The van der Waals surface area contributed by atoms with Gasteiger partial charge >= 0.3 is 5.97 Å². The molecule has 0 aromatic heterocycles. The molecule has 0 radical (unpaired) electrons. The first-order valence-corrected chi connectivity index (χ1v) is 8.32. The normalized spacial score (nSPS) is 30.6. The smallest absolute Gasteiger partial charge is 0.326 e. The van der Waals surface area contributed by atoms with E-state index >= 15 is 0 Å². The molecule has 4 unspecified atom stereocenters. The largest absolute Gasteiger partial charge is 0.480 e. The summed E-state index contributed by atoms with van der Waals surface area (Å²) in [5.74, 6) is -0.486. The third kappa shape index (κ3) is 3.57. The van der Waals surface area contributed by atoms with E-state index in [1.54, 1.807) is 4.90 Å². The Bertz CT molecular complexity index is 386. The van der Waals surface area contributed by atoms with Gasteiger partial charge in [0.25, 0.3) is 0 Å². The number of carbonyl (C=O) groups is 2. The minimum atomic E-state index is -0.844. The molecule has 5 nitrogen and oxygen atoms in total. The molecule has 4 atom stereocenters. The zero-order chi connectivity index (χ0) is 15.4. The van der Waals surface area contributed by atoms with E-state index in [0.29, 0.717) is 18.9 Å². The number of hydrogen-bond donors (Lipinski definition) is 2.